The molecule has 0 aliphatic carbocycles. The number of carboxylic acid groups (broad SMARTS) is 1. The van der Waals surface area contributed by atoms with Crippen LogP contribution in [0.2, 0.25) is 0 Å². The van der Waals surface area contributed by atoms with Crippen LogP contribution >= 0.6 is 11.8 Å². The van der Waals surface area contributed by atoms with Crippen molar-refractivity contribution >= 4 is 30.0 Å². The molecule has 30 heavy (non-hydrogen) atoms. The second kappa shape index (κ2) is 12.2. The smallest absolute Gasteiger partial charge is 0.338 e. The Balaban J connectivity index is 0.000000297. The SMILES string of the molecule is COC(=O)c1cccc(SCc2ccccc2)c1CC=O.O=C(O)c1ccccc1. The minimum absolute atomic E-state index is 0.211. The van der Waals surface area contributed by atoms with E-state index in [4.69, 9.17) is 9.84 Å². The van der Waals surface area contributed by atoms with Crippen LogP contribution in [0.25, 0.3) is 0 Å². The molecule has 0 atom stereocenters. The van der Waals surface area contributed by atoms with Crippen LogP contribution in [0.5, 0.6) is 0 Å². The fourth-order valence-electron chi connectivity index (χ4n) is 2.61. The predicted octanol–water partition coefficient (Wildman–Crippen LogP) is 4.89. The molecule has 0 saturated heterocycles. The quantitative estimate of drug-likeness (QED) is 0.332. The van der Waals surface area contributed by atoms with Crippen LogP contribution in [0, 0.1) is 0 Å². The molecule has 0 fully saturated rings. The Morgan fingerprint density at radius 2 is 1.57 bits per heavy atom. The number of ether oxygens (including phenoxy) is 1. The number of thioether (sulfide) groups is 1. The maximum absolute atomic E-state index is 11.8. The van der Waals surface area contributed by atoms with Crippen LogP contribution in [0.3, 0.4) is 0 Å². The Morgan fingerprint density at radius 3 is 2.10 bits per heavy atom. The lowest BCUT2D eigenvalue weighted by Gasteiger charge is -2.11. The second-order valence-corrected chi connectivity index (χ2v) is 7.11. The largest absolute Gasteiger partial charge is 0.478 e. The van der Waals surface area contributed by atoms with Crippen molar-refractivity contribution in [2.45, 2.75) is 17.1 Å². The molecule has 0 aliphatic heterocycles. The zero-order valence-corrected chi connectivity index (χ0v) is 17.3. The molecule has 154 valence electrons. The van der Waals surface area contributed by atoms with Gasteiger partial charge >= 0.3 is 11.9 Å². The van der Waals surface area contributed by atoms with Crippen molar-refractivity contribution < 1.29 is 24.2 Å². The number of hydrogen-bond acceptors (Lipinski definition) is 5. The molecule has 0 aromatic heterocycles. The van der Waals surface area contributed by atoms with Gasteiger partial charge in [-0.1, -0.05) is 54.6 Å². The Labute approximate surface area is 179 Å². The molecule has 3 aromatic rings. The average Bonchev–Trinajstić information content (AvgIpc) is 2.79. The minimum atomic E-state index is -0.879. The van der Waals surface area contributed by atoms with E-state index in [2.05, 4.69) is 12.1 Å². The van der Waals surface area contributed by atoms with Gasteiger partial charge in [-0.2, -0.15) is 0 Å². The van der Waals surface area contributed by atoms with Crippen LogP contribution < -0.4 is 0 Å². The van der Waals surface area contributed by atoms with Gasteiger partial charge in [0.15, 0.2) is 0 Å². The highest BCUT2D eigenvalue weighted by atomic mass is 32.2. The molecule has 5 nitrogen and oxygen atoms in total. The highest BCUT2D eigenvalue weighted by Crippen LogP contribution is 2.29. The number of carbonyl (C=O) groups is 3. The number of hydrogen-bond donors (Lipinski definition) is 1. The zero-order chi connectivity index (χ0) is 21.8. The third-order valence-corrected chi connectivity index (χ3v) is 5.25. The maximum atomic E-state index is 11.8. The summed E-state index contributed by atoms with van der Waals surface area (Å²) in [4.78, 5) is 33.8. The van der Waals surface area contributed by atoms with Gasteiger partial charge < -0.3 is 14.6 Å². The van der Waals surface area contributed by atoms with Crippen molar-refractivity contribution in [3.63, 3.8) is 0 Å². The lowest BCUT2D eigenvalue weighted by Crippen LogP contribution is -2.07. The van der Waals surface area contributed by atoms with E-state index < -0.39 is 11.9 Å². The molecule has 0 amide bonds. The van der Waals surface area contributed by atoms with E-state index in [-0.39, 0.29) is 6.42 Å². The number of benzene rings is 3. The van der Waals surface area contributed by atoms with Crippen molar-refractivity contribution in [3.05, 3.63) is 101 Å². The molecule has 0 heterocycles. The van der Waals surface area contributed by atoms with E-state index in [1.54, 1.807) is 48.2 Å². The first-order chi connectivity index (χ1) is 14.6. The van der Waals surface area contributed by atoms with Crippen LogP contribution in [-0.4, -0.2) is 30.4 Å². The number of aldehydes is 1. The number of carboxylic acids is 1. The summed E-state index contributed by atoms with van der Waals surface area (Å²) in [5.74, 6) is -0.498. The molecule has 0 unspecified atom stereocenters. The zero-order valence-electron chi connectivity index (χ0n) is 16.5. The Bertz CT molecular complexity index is 971. The number of carbonyl (C=O) groups excluding carboxylic acids is 2. The van der Waals surface area contributed by atoms with E-state index in [0.29, 0.717) is 11.1 Å². The number of rotatable bonds is 7. The van der Waals surface area contributed by atoms with Gasteiger partial charge in [-0.05, 0) is 35.4 Å². The number of esters is 1. The molecule has 0 saturated carbocycles. The molecule has 0 spiro atoms. The monoisotopic (exact) mass is 422 g/mol. The van der Waals surface area contributed by atoms with Gasteiger partial charge in [0.1, 0.15) is 6.29 Å². The first-order valence-corrected chi connectivity index (χ1v) is 10.1. The summed E-state index contributed by atoms with van der Waals surface area (Å²) in [5.41, 5.74) is 2.73. The molecule has 0 aliphatic rings. The van der Waals surface area contributed by atoms with Gasteiger partial charge in [-0.3, -0.25) is 0 Å². The highest BCUT2D eigenvalue weighted by molar-refractivity contribution is 7.98. The summed E-state index contributed by atoms with van der Waals surface area (Å²) < 4.78 is 4.78. The molecule has 3 rings (SSSR count). The third kappa shape index (κ3) is 6.90. The van der Waals surface area contributed by atoms with Crippen molar-refractivity contribution in [3.8, 4) is 0 Å². The van der Waals surface area contributed by atoms with Crippen molar-refractivity contribution in [1.82, 2.24) is 0 Å². The first-order valence-electron chi connectivity index (χ1n) is 9.15. The van der Waals surface area contributed by atoms with E-state index in [1.165, 1.54) is 12.7 Å². The fourth-order valence-corrected chi connectivity index (χ4v) is 3.67. The van der Waals surface area contributed by atoms with E-state index >= 15 is 0 Å². The molecule has 0 radical (unpaired) electrons. The molecule has 3 aromatic carbocycles. The molecular weight excluding hydrogens is 400 g/mol. The highest BCUT2D eigenvalue weighted by Gasteiger charge is 2.15. The first kappa shape index (κ1) is 22.9. The van der Waals surface area contributed by atoms with Gasteiger partial charge in [0.05, 0.1) is 18.2 Å². The summed E-state index contributed by atoms with van der Waals surface area (Å²) >= 11 is 1.62. The van der Waals surface area contributed by atoms with Gasteiger partial charge in [-0.15, -0.1) is 11.8 Å². The van der Waals surface area contributed by atoms with Crippen molar-refractivity contribution in [2.75, 3.05) is 7.11 Å². The van der Waals surface area contributed by atoms with E-state index in [1.807, 2.05) is 30.3 Å². The third-order valence-electron chi connectivity index (χ3n) is 4.08. The molecule has 0 bridgehead atoms. The standard InChI is InChI=1S/C17H16O3S.C7H6O2/c1-20-17(19)15-8-5-9-16(14(15)10-11-18)21-12-13-6-3-2-4-7-13;8-7(9)6-4-2-1-3-5-6/h2-9,11H,10,12H2,1H3;1-5H,(H,8,9). The fraction of sp³-hybridized carbons (Fsp3) is 0.125. The number of aromatic carboxylic acids is 1. The minimum Gasteiger partial charge on any atom is -0.478 e. The van der Waals surface area contributed by atoms with E-state index in [9.17, 15) is 14.4 Å². The van der Waals surface area contributed by atoms with Gasteiger partial charge in [0.2, 0.25) is 0 Å². The predicted molar refractivity (Wildman–Crippen MR) is 117 cm³/mol. The Morgan fingerprint density at radius 1 is 0.933 bits per heavy atom. The average molecular weight is 423 g/mol. The second-order valence-electron chi connectivity index (χ2n) is 6.09. The summed E-state index contributed by atoms with van der Waals surface area (Å²) in [6.45, 7) is 0. The van der Waals surface area contributed by atoms with Crippen molar-refractivity contribution in [2.24, 2.45) is 0 Å². The van der Waals surface area contributed by atoms with E-state index in [0.717, 1.165) is 22.5 Å². The number of methoxy groups -OCH3 is 1. The summed E-state index contributed by atoms with van der Waals surface area (Å²) in [6, 6.07) is 23.8. The Kier molecular flexibility index (Phi) is 9.34. The lowest BCUT2D eigenvalue weighted by molar-refractivity contribution is -0.107. The Hall–Kier alpha value is -3.38. The maximum Gasteiger partial charge on any atom is 0.338 e. The summed E-state index contributed by atoms with van der Waals surface area (Å²) in [5, 5.41) is 8.38. The molecule has 6 heteroatoms. The van der Waals surface area contributed by atoms with Crippen molar-refractivity contribution in [1.29, 1.82) is 0 Å². The topological polar surface area (TPSA) is 80.7 Å². The van der Waals surface area contributed by atoms with Crippen LogP contribution in [0.4, 0.5) is 0 Å². The summed E-state index contributed by atoms with van der Waals surface area (Å²) in [7, 11) is 1.34. The van der Waals surface area contributed by atoms with Crippen LogP contribution in [0.1, 0.15) is 31.8 Å². The van der Waals surface area contributed by atoms with Gasteiger partial charge in [0.25, 0.3) is 0 Å². The normalized spacial score (nSPS) is 9.77. The molecule has 1 N–H and O–H groups in total. The van der Waals surface area contributed by atoms with Gasteiger partial charge in [-0.25, -0.2) is 9.59 Å². The lowest BCUT2D eigenvalue weighted by atomic mass is 10.1. The summed E-state index contributed by atoms with van der Waals surface area (Å²) in [6.07, 6.45) is 1.02. The van der Waals surface area contributed by atoms with Crippen LogP contribution in [0.15, 0.2) is 83.8 Å². The van der Waals surface area contributed by atoms with Gasteiger partial charge in [0, 0.05) is 17.1 Å². The van der Waals surface area contributed by atoms with Crippen LogP contribution in [-0.2, 0) is 21.7 Å². The molecular formula is C24H22O5S.